The molecule has 1 heterocycles. The molecule has 2 unspecified atom stereocenters. The molecular formula is C16H19Cl2NO2. The number of likely N-dealkylation sites (tertiary alicyclic amines) is 1. The molecule has 1 amide bonds. The number of hydrogen-bond donors (Lipinski definition) is 1. The number of rotatable bonds is 3. The topological polar surface area (TPSA) is 40.5 Å². The summed E-state index contributed by atoms with van der Waals surface area (Å²) in [5.74, 6) is 0.116. The lowest BCUT2D eigenvalue weighted by Crippen LogP contribution is -2.45. The van der Waals surface area contributed by atoms with E-state index in [1.807, 2.05) is 6.92 Å². The summed E-state index contributed by atoms with van der Waals surface area (Å²) in [5, 5.41) is 10.4. The van der Waals surface area contributed by atoms with Gasteiger partial charge in [0, 0.05) is 35.3 Å². The molecule has 1 aliphatic rings. The molecule has 1 aromatic rings. The van der Waals surface area contributed by atoms with E-state index < -0.39 is 0 Å². The van der Waals surface area contributed by atoms with Crippen molar-refractivity contribution in [3.63, 3.8) is 0 Å². The Morgan fingerprint density at radius 1 is 1.43 bits per heavy atom. The molecule has 2 rings (SSSR count). The Bertz CT molecular complexity index is 545. The average molecular weight is 328 g/mol. The maximum absolute atomic E-state index is 12.3. The third-order valence-electron chi connectivity index (χ3n) is 3.88. The lowest BCUT2D eigenvalue weighted by Gasteiger charge is -2.36. The van der Waals surface area contributed by atoms with Gasteiger partial charge in [-0.2, -0.15) is 0 Å². The fourth-order valence-corrected chi connectivity index (χ4v) is 2.90. The first-order chi connectivity index (χ1) is 10.0. The van der Waals surface area contributed by atoms with Crippen molar-refractivity contribution in [2.45, 2.75) is 25.8 Å². The van der Waals surface area contributed by atoms with Crippen molar-refractivity contribution in [2.24, 2.45) is 5.92 Å². The first-order valence-corrected chi connectivity index (χ1v) is 7.81. The molecule has 1 aromatic carbocycles. The van der Waals surface area contributed by atoms with E-state index in [-0.39, 0.29) is 24.5 Å². The number of nitrogens with zero attached hydrogens (tertiary/aromatic N) is 1. The van der Waals surface area contributed by atoms with Gasteiger partial charge >= 0.3 is 0 Å². The minimum absolute atomic E-state index is 0.0586. The van der Waals surface area contributed by atoms with Crippen LogP contribution in [0.25, 0.3) is 6.08 Å². The molecule has 1 saturated heterocycles. The van der Waals surface area contributed by atoms with E-state index in [2.05, 4.69) is 0 Å². The molecule has 3 nitrogen and oxygen atoms in total. The largest absolute Gasteiger partial charge is 0.396 e. The SMILES string of the molecule is CC1CCC(CO)CN1C(=O)/C=C/c1cc(Cl)ccc1Cl. The highest BCUT2D eigenvalue weighted by Gasteiger charge is 2.27. The zero-order valence-electron chi connectivity index (χ0n) is 11.9. The number of carbonyl (C=O) groups excluding carboxylic acids is 1. The third-order valence-corrected chi connectivity index (χ3v) is 4.46. The van der Waals surface area contributed by atoms with Crippen LogP contribution in [-0.2, 0) is 4.79 Å². The minimum atomic E-state index is -0.0586. The summed E-state index contributed by atoms with van der Waals surface area (Å²) in [4.78, 5) is 14.1. The predicted octanol–water partition coefficient (Wildman–Crippen LogP) is 3.63. The maximum Gasteiger partial charge on any atom is 0.246 e. The highest BCUT2D eigenvalue weighted by molar-refractivity contribution is 6.34. The van der Waals surface area contributed by atoms with E-state index in [4.69, 9.17) is 23.2 Å². The van der Waals surface area contributed by atoms with E-state index in [9.17, 15) is 9.90 Å². The summed E-state index contributed by atoms with van der Waals surface area (Å²) >= 11 is 12.0. The quantitative estimate of drug-likeness (QED) is 0.861. The Morgan fingerprint density at radius 3 is 2.90 bits per heavy atom. The first-order valence-electron chi connectivity index (χ1n) is 7.06. The Morgan fingerprint density at radius 2 is 2.19 bits per heavy atom. The van der Waals surface area contributed by atoms with Gasteiger partial charge in [0.25, 0.3) is 0 Å². The monoisotopic (exact) mass is 327 g/mol. The summed E-state index contributed by atoms with van der Waals surface area (Å²) < 4.78 is 0. The molecule has 5 heteroatoms. The number of aliphatic hydroxyl groups is 1. The van der Waals surface area contributed by atoms with Crippen LogP contribution < -0.4 is 0 Å². The van der Waals surface area contributed by atoms with E-state index in [1.54, 1.807) is 29.2 Å². The van der Waals surface area contributed by atoms with Crippen LogP contribution in [0, 0.1) is 5.92 Å². The number of benzene rings is 1. The van der Waals surface area contributed by atoms with Crippen molar-refractivity contribution < 1.29 is 9.90 Å². The van der Waals surface area contributed by atoms with Crippen LogP contribution in [0.5, 0.6) is 0 Å². The maximum atomic E-state index is 12.3. The second kappa shape index (κ2) is 7.30. The van der Waals surface area contributed by atoms with Gasteiger partial charge in [0.05, 0.1) is 0 Å². The normalized spacial score (nSPS) is 22.8. The molecular weight excluding hydrogens is 309 g/mol. The molecule has 2 atom stereocenters. The predicted molar refractivity (Wildman–Crippen MR) is 86.5 cm³/mol. The molecule has 0 radical (unpaired) electrons. The lowest BCUT2D eigenvalue weighted by molar-refractivity contribution is -0.130. The van der Waals surface area contributed by atoms with Gasteiger partial charge in [-0.05, 0) is 55.5 Å². The zero-order valence-corrected chi connectivity index (χ0v) is 13.4. The van der Waals surface area contributed by atoms with Crippen molar-refractivity contribution in [2.75, 3.05) is 13.2 Å². The summed E-state index contributed by atoms with van der Waals surface area (Å²) in [7, 11) is 0. The number of aliphatic hydroxyl groups excluding tert-OH is 1. The van der Waals surface area contributed by atoms with E-state index in [0.29, 0.717) is 16.6 Å². The molecule has 1 fully saturated rings. The van der Waals surface area contributed by atoms with Gasteiger partial charge < -0.3 is 10.0 Å². The molecule has 1 aliphatic heterocycles. The van der Waals surface area contributed by atoms with Crippen molar-refractivity contribution >= 4 is 35.2 Å². The fourth-order valence-electron chi connectivity index (χ4n) is 2.54. The second-order valence-electron chi connectivity index (χ2n) is 5.46. The smallest absolute Gasteiger partial charge is 0.246 e. The van der Waals surface area contributed by atoms with Crippen LogP contribution in [0.15, 0.2) is 24.3 Å². The molecule has 0 bridgehead atoms. The van der Waals surface area contributed by atoms with E-state index in [1.165, 1.54) is 6.08 Å². The van der Waals surface area contributed by atoms with E-state index >= 15 is 0 Å². The second-order valence-corrected chi connectivity index (χ2v) is 6.31. The summed E-state index contributed by atoms with van der Waals surface area (Å²) in [5.41, 5.74) is 0.723. The molecule has 0 saturated carbocycles. The molecule has 0 aromatic heterocycles. The Hall–Kier alpha value is -1.03. The number of amides is 1. The lowest BCUT2D eigenvalue weighted by atomic mass is 9.94. The van der Waals surface area contributed by atoms with Crippen LogP contribution in [0.3, 0.4) is 0 Å². The van der Waals surface area contributed by atoms with E-state index in [0.717, 1.165) is 18.4 Å². The van der Waals surface area contributed by atoms with Gasteiger partial charge in [-0.1, -0.05) is 23.2 Å². The van der Waals surface area contributed by atoms with Crippen LogP contribution in [0.4, 0.5) is 0 Å². The molecule has 1 N–H and O–H groups in total. The van der Waals surface area contributed by atoms with Gasteiger partial charge in [0.1, 0.15) is 0 Å². The van der Waals surface area contributed by atoms with Gasteiger partial charge in [0.15, 0.2) is 0 Å². The summed E-state index contributed by atoms with van der Waals surface area (Å²) in [6.45, 7) is 2.76. The van der Waals surface area contributed by atoms with Crippen LogP contribution in [0.1, 0.15) is 25.3 Å². The molecule has 21 heavy (non-hydrogen) atoms. The van der Waals surface area contributed by atoms with Crippen molar-refractivity contribution in [3.05, 3.63) is 39.9 Å². The number of halogens is 2. The van der Waals surface area contributed by atoms with Gasteiger partial charge in [0.2, 0.25) is 5.91 Å². The van der Waals surface area contributed by atoms with Gasteiger partial charge in [-0.25, -0.2) is 0 Å². The molecule has 0 spiro atoms. The van der Waals surface area contributed by atoms with Crippen molar-refractivity contribution in [1.82, 2.24) is 4.90 Å². The van der Waals surface area contributed by atoms with Crippen LogP contribution in [0.2, 0.25) is 10.0 Å². The first kappa shape index (κ1) is 16.3. The van der Waals surface area contributed by atoms with Gasteiger partial charge in [-0.3, -0.25) is 4.79 Å². The van der Waals surface area contributed by atoms with Crippen molar-refractivity contribution in [3.8, 4) is 0 Å². The number of carbonyl (C=O) groups is 1. The van der Waals surface area contributed by atoms with Crippen LogP contribution >= 0.6 is 23.2 Å². The Balaban J connectivity index is 2.09. The number of hydrogen-bond acceptors (Lipinski definition) is 2. The zero-order chi connectivity index (χ0) is 15.4. The van der Waals surface area contributed by atoms with Crippen LogP contribution in [-0.4, -0.2) is 35.1 Å². The molecule has 114 valence electrons. The molecule has 0 aliphatic carbocycles. The highest BCUT2D eigenvalue weighted by atomic mass is 35.5. The minimum Gasteiger partial charge on any atom is -0.396 e. The Kier molecular flexibility index (Phi) is 5.68. The fraction of sp³-hybridized carbons (Fsp3) is 0.438. The summed E-state index contributed by atoms with van der Waals surface area (Å²) in [6.07, 6.45) is 5.09. The standard InChI is InChI=1S/C16H19Cl2NO2/c1-11-2-3-12(10-20)9-19(11)16(21)7-4-13-8-14(17)5-6-15(13)18/h4-8,11-12,20H,2-3,9-10H2,1H3/b7-4+. The van der Waals surface area contributed by atoms with Crippen molar-refractivity contribution in [1.29, 1.82) is 0 Å². The third kappa shape index (κ3) is 4.22. The highest BCUT2D eigenvalue weighted by Crippen LogP contribution is 2.24. The number of piperidine rings is 1. The summed E-state index contributed by atoms with van der Waals surface area (Å²) in [6, 6.07) is 5.34. The van der Waals surface area contributed by atoms with Gasteiger partial charge in [-0.15, -0.1) is 0 Å². The Labute approximate surface area is 135 Å². The average Bonchev–Trinajstić information content (AvgIpc) is 2.48.